The first-order valence-electron chi connectivity index (χ1n) is 6.47. The summed E-state index contributed by atoms with van der Waals surface area (Å²) < 4.78 is 27.0. The van der Waals surface area contributed by atoms with Crippen molar-refractivity contribution in [3.05, 3.63) is 52.4 Å². The molecule has 7 heteroatoms. The number of hydrogen-bond acceptors (Lipinski definition) is 6. The third kappa shape index (κ3) is 2.79. The number of carbonyl (C=O) groups excluding carboxylic acids is 2. The van der Waals surface area contributed by atoms with Gasteiger partial charge in [-0.05, 0) is 16.5 Å². The van der Waals surface area contributed by atoms with Crippen molar-refractivity contribution in [1.29, 1.82) is 0 Å². The van der Waals surface area contributed by atoms with E-state index < -0.39 is 21.7 Å². The van der Waals surface area contributed by atoms with Gasteiger partial charge in [0.2, 0.25) is 11.6 Å². The van der Waals surface area contributed by atoms with E-state index in [9.17, 15) is 18.0 Å². The number of rotatable bonds is 3. The molecule has 2 aliphatic rings. The lowest BCUT2D eigenvalue weighted by atomic mass is 9.82. The van der Waals surface area contributed by atoms with E-state index in [-0.39, 0.29) is 11.9 Å². The molecule has 1 aliphatic heterocycles. The van der Waals surface area contributed by atoms with Crippen molar-refractivity contribution in [3.8, 4) is 0 Å². The molecule has 0 aromatic heterocycles. The summed E-state index contributed by atoms with van der Waals surface area (Å²) in [4.78, 5) is 24.2. The summed E-state index contributed by atoms with van der Waals surface area (Å²) in [7, 11) is -3.52. The Morgan fingerprint density at radius 2 is 1.77 bits per heavy atom. The number of benzene rings is 1. The highest BCUT2D eigenvalue weighted by molar-refractivity contribution is 8.03. The van der Waals surface area contributed by atoms with E-state index in [0.29, 0.717) is 22.3 Å². The zero-order valence-electron chi connectivity index (χ0n) is 11.6. The first-order chi connectivity index (χ1) is 10.4. The maximum Gasteiger partial charge on any atom is 0.264 e. The third-order valence-electron chi connectivity index (χ3n) is 3.36. The average Bonchev–Trinajstić information content (AvgIpc) is 2.50. The van der Waals surface area contributed by atoms with Crippen LogP contribution in [0.25, 0.3) is 5.57 Å². The largest absolute Gasteiger partial charge is 0.285 e. The Hall–Kier alpha value is -1.70. The first-order valence-corrected chi connectivity index (χ1v) is 9.23. The third-order valence-corrected chi connectivity index (χ3v) is 4.92. The van der Waals surface area contributed by atoms with Crippen LogP contribution in [-0.2, 0) is 19.1 Å². The fraction of sp³-hybridized carbons (Fsp3) is 0.200. The van der Waals surface area contributed by atoms with Gasteiger partial charge in [-0.2, -0.15) is 8.42 Å². The second kappa shape index (κ2) is 5.49. The Morgan fingerprint density at radius 1 is 1.09 bits per heavy atom. The molecule has 1 unspecified atom stereocenters. The molecule has 0 bridgehead atoms. The lowest BCUT2D eigenvalue weighted by molar-refractivity contribution is -0.111. The van der Waals surface area contributed by atoms with Crippen LogP contribution in [0, 0.1) is 0 Å². The smallest absolute Gasteiger partial charge is 0.264 e. The summed E-state index contributed by atoms with van der Waals surface area (Å²) in [6, 6.07) is 6.91. The molecule has 1 aromatic carbocycles. The van der Waals surface area contributed by atoms with Gasteiger partial charge in [-0.1, -0.05) is 30.3 Å². The van der Waals surface area contributed by atoms with E-state index in [1.807, 2.05) is 0 Å². The molecular formula is C15H12O5S2. The number of fused-ring (bicyclic) bond motifs is 3. The predicted molar refractivity (Wildman–Crippen MR) is 84.0 cm³/mol. The minimum Gasteiger partial charge on any atom is -0.285 e. The first kappa shape index (κ1) is 15.2. The molecule has 0 radical (unpaired) electrons. The van der Waals surface area contributed by atoms with E-state index in [2.05, 4.69) is 0 Å². The van der Waals surface area contributed by atoms with Crippen LogP contribution in [0.5, 0.6) is 0 Å². The molecular weight excluding hydrogens is 324 g/mol. The van der Waals surface area contributed by atoms with Gasteiger partial charge in [0.05, 0.1) is 18.1 Å². The summed E-state index contributed by atoms with van der Waals surface area (Å²) >= 11 is 1.27. The Bertz CT molecular complexity index is 833. The number of Topliss-reactive ketones (excluding diaryl/α,β-unsaturated/α-hetero) is 2. The Kier molecular flexibility index (Phi) is 3.80. The number of ketones is 2. The van der Waals surface area contributed by atoms with Crippen LogP contribution in [-0.4, -0.2) is 38.1 Å². The second-order valence-electron chi connectivity index (χ2n) is 4.98. The molecule has 0 saturated heterocycles. The fourth-order valence-corrected chi connectivity index (χ4v) is 3.77. The zero-order chi connectivity index (χ0) is 15.9. The summed E-state index contributed by atoms with van der Waals surface area (Å²) in [6.45, 7) is -0.0128. The van der Waals surface area contributed by atoms with Gasteiger partial charge in [0, 0.05) is 11.1 Å². The van der Waals surface area contributed by atoms with Crippen LogP contribution < -0.4 is 0 Å². The topological polar surface area (TPSA) is 77.5 Å². The highest BCUT2D eigenvalue weighted by Gasteiger charge is 2.34. The van der Waals surface area contributed by atoms with E-state index in [4.69, 9.17) is 4.18 Å². The number of carbonyl (C=O) groups is 2. The van der Waals surface area contributed by atoms with Crippen LogP contribution in [0.1, 0.15) is 15.9 Å². The molecule has 1 aromatic rings. The molecule has 0 fully saturated rings. The maximum absolute atomic E-state index is 12.1. The number of hydrogen-bond donors (Lipinski definition) is 0. The van der Waals surface area contributed by atoms with E-state index in [1.54, 1.807) is 35.7 Å². The Morgan fingerprint density at radius 3 is 2.45 bits per heavy atom. The Labute approximate surface area is 132 Å². The molecule has 5 nitrogen and oxygen atoms in total. The highest BCUT2D eigenvalue weighted by Crippen LogP contribution is 2.39. The molecule has 3 rings (SSSR count). The summed E-state index contributed by atoms with van der Waals surface area (Å²) in [5.74, 6) is -1.04. The average molecular weight is 336 g/mol. The van der Waals surface area contributed by atoms with E-state index in [0.717, 1.165) is 6.26 Å². The zero-order valence-corrected chi connectivity index (χ0v) is 13.2. The molecule has 0 N–H and O–H groups in total. The van der Waals surface area contributed by atoms with Gasteiger partial charge in [0.15, 0.2) is 0 Å². The van der Waals surface area contributed by atoms with Crippen LogP contribution in [0.15, 0.2) is 41.3 Å². The van der Waals surface area contributed by atoms with Crippen molar-refractivity contribution in [3.63, 3.8) is 0 Å². The van der Waals surface area contributed by atoms with Gasteiger partial charge in [0.25, 0.3) is 10.1 Å². The van der Waals surface area contributed by atoms with Gasteiger partial charge in [0.1, 0.15) is 0 Å². The SMILES string of the molecule is CS(=O)(=O)OCC1C=C2C(=CS1)C(=O)C(=O)c1ccccc12. The van der Waals surface area contributed by atoms with Crippen LogP contribution in [0.4, 0.5) is 0 Å². The van der Waals surface area contributed by atoms with Crippen molar-refractivity contribution in [1.82, 2.24) is 0 Å². The van der Waals surface area contributed by atoms with Crippen LogP contribution in [0.2, 0.25) is 0 Å². The quantitative estimate of drug-likeness (QED) is 0.619. The molecule has 114 valence electrons. The summed E-state index contributed by atoms with van der Waals surface area (Å²) in [5.41, 5.74) is 2.11. The molecule has 0 saturated carbocycles. The monoisotopic (exact) mass is 336 g/mol. The molecule has 0 amide bonds. The normalized spacial score (nSPS) is 20.9. The van der Waals surface area contributed by atoms with Gasteiger partial charge in [-0.3, -0.25) is 13.8 Å². The lowest BCUT2D eigenvalue weighted by Gasteiger charge is -2.25. The molecule has 1 aliphatic carbocycles. The lowest BCUT2D eigenvalue weighted by Crippen LogP contribution is -2.27. The molecule has 0 spiro atoms. The number of allylic oxidation sites excluding steroid dienone is 2. The van der Waals surface area contributed by atoms with Crippen LogP contribution >= 0.6 is 11.8 Å². The van der Waals surface area contributed by atoms with Gasteiger partial charge < -0.3 is 0 Å². The van der Waals surface area contributed by atoms with Crippen LogP contribution in [0.3, 0.4) is 0 Å². The predicted octanol–water partition coefficient (Wildman–Crippen LogP) is 1.81. The van der Waals surface area contributed by atoms with Crippen molar-refractivity contribution in [2.24, 2.45) is 0 Å². The minimum absolute atomic E-state index is 0.0128. The fourth-order valence-electron chi connectivity index (χ4n) is 2.38. The number of thioether (sulfide) groups is 1. The van der Waals surface area contributed by atoms with Crippen molar-refractivity contribution >= 4 is 39.0 Å². The molecule has 1 heterocycles. The highest BCUT2D eigenvalue weighted by atomic mass is 32.2. The van der Waals surface area contributed by atoms with Crippen molar-refractivity contribution in [2.45, 2.75) is 5.25 Å². The van der Waals surface area contributed by atoms with E-state index >= 15 is 0 Å². The van der Waals surface area contributed by atoms with Gasteiger partial charge in [-0.25, -0.2) is 0 Å². The van der Waals surface area contributed by atoms with E-state index in [1.165, 1.54) is 11.8 Å². The van der Waals surface area contributed by atoms with Gasteiger partial charge >= 0.3 is 0 Å². The van der Waals surface area contributed by atoms with Crippen molar-refractivity contribution < 1.29 is 22.2 Å². The van der Waals surface area contributed by atoms with Gasteiger partial charge in [-0.15, -0.1) is 11.8 Å². The standard InChI is InChI=1S/C15H12O5S2/c1-22(18,19)20-7-9-6-12-10-4-2-3-5-11(10)14(16)15(17)13(12)8-21-9/h2-6,8-9H,7H2,1H3. The summed E-state index contributed by atoms with van der Waals surface area (Å²) in [5, 5.41) is 1.38. The minimum atomic E-state index is -3.52. The maximum atomic E-state index is 12.1. The van der Waals surface area contributed by atoms with Crippen molar-refractivity contribution in [2.75, 3.05) is 12.9 Å². The second-order valence-corrected chi connectivity index (χ2v) is 7.74. The molecule has 22 heavy (non-hydrogen) atoms. The molecule has 1 atom stereocenters. The summed E-state index contributed by atoms with van der Waals surface area (Å²) in [6.07, 6.45) is 2.78. The Balaban J connectivity index is 1.99.